The molecule has 1 aromatic carbocycles. The minimum atomic E-state index is 0.194. The Hall–Kier alpha value is -1.22. The first-order valence-corrected chi connectivity index (χ1v) is 8.96. The van der Waals surface area contributed by atoms with Crippen molar-refractivity contribution in [3.05, 3.63) is 29.8 Å². The van der Waals surface area contributed by atoms with Crippen molar-refractivity contribution in [2.24, 2.45) is 11.8 Å². The second kappa shape index (κ2) is 8.42. The van der Waals surface area contributed by atoms with Crippen molar-refractivity contribution in [3.8, 4) is 0 Å². The minimum Gasteiger partial charge on any atom is -0.312 e. The minimum absolute atomic E-state index is 0.194. The highest BCUT2D eigenvalue weighted by atomic mass is 32.1. The van der Waals surface area contributed by atoms with Crippen LogP contribution in [0, 0.1) is 11.8 Å². The van der Waals surface area contributed by atoms with Gasteiger partial charge in [-0.3, -0.25) is 4.79 Å². The molecule has 1 aliphatic carbocycles. The average molecular weight is 317 g/mol. The van der Waals surface area contributed by atoms with Crippen molar-refractivity contribution in [1.82, 2.24) is 0 Å². The number of carbonyl (C=O) groups is 1. The average Bonchev–Trinajstić information content (AvgIpc) is 2.55. The summed E-state index contributed by atoms with van der Waals surface area (Å²) >= 11 is 5.14. The number of thiocarbonyl (C=S) groups is 1. The highest BCUT2D eigenvalue weighted by molar-refractivity contribution is 7.79. The summed E-state index contributed by atoms with van der Waals surface area (Å²) in [4.78, 5) is 15.1. The van der Waals surface area contributed by atoms with Crippen LogP contribution >= 0.6 is 12.2 Å². The summed E-state index contributed by atoms with van der Waals surface area (Å²) in [5.74, 6) is 1.07. The van der Waals surface area contributed by atoms with E-state index in [2.05, 4.69) is 13.8 Å². The molecule has 0 aromatic heterocycles. The van der Waals surface area contributed by atoms with Crippen molar-refractivity contribution in [2.45, 2.75) is 52.4 Å². The monoisotopic (exact) mass is 317 g/mol. The van der Waals surface area contributed by atoms with E-state index in [0.717, 1.165) is 37.1 Å². The molecule has 0 bridgehead atoms. The summed E-state index contributed by atoms with van der Waals surface area (Å²) in [6.07, 6.45) is 6.73. The molecule has 1 amide bonds. The van der Waals surface area contributed by atoms with Crippen molar-refractivity contribution in [2.75, 3.05) is 11.4 Å². The molecule has 1 aromatic rings. The van der Waals surface area contributed by atoms with Gasteiger partial charge in [-0.25, -0.2) is 0 Å². The highest BCUT2D eigenvalue weighted by Crippen LogP contribution is 2.29. The summed E-state index contributed by atoms with van der Waals surface area (Å²) in [6.45, 7) is 5.19. The van der Waals surface area contributed by atoms with Gasteiger partial charge in [-0.1, -0.05) is 63.5 Å². The van der Waals surface area contributed by atoms with Gasteiger partial charge in [0.2, 0.25) is 5.91 Å². The number of hydrogen-bond acceptors (Lipinski definition) is 2. The second-order valence-corrected chi connectivity index (χ2v) is 6.92. The molecular formula is C19H27NOS. The van der Waals surface area contributed by atoms with E-state index < -0.39 is 0 Å². The van der Waals surface area contributed by atoms with Gasteiger partial charge in [0.25, 0.3) is 0 Å². The first-order valence-electron chi connectivity index (χ1n) is 8.49. The lowest BCUT2D eigenvalue weighted by atomic mass is 9.88. The smallest absolute Gasteiger partial charge is 0.230 e. The van der Waals surface area contributed by atoms with Gasteiger partial charge in [0.1, 0.15) is 0 Å². The molecule has 1 fully saturated rings. The summed E-state index contributed by atoms with van der Waals surface area (Å²) in [5, 5.41) is 1.69. The quantitative estimate of drug-likeness (QED) is 0.689. The van der Waals surface area contributed by atoms with Crippen LogP contribution in [0.5, 0.6) is 0 Å². The Balaban J connectivity index is 2.24. The Morgan fingerprint density at radius 2 is 1.95 bits per heavy atom. The summed E-state index contributed by atoms with van der Waals surface area (Å²) in [5.41, 5.74) is 1.96. The fourth-order valence-corrected chi connectivity index (χ4v) is 3.34. The molecule has 0 saturated heterocycles. The highest BCUT2D eigenvalue weighted by Gasteiger charge is 2.27. The van der Waals surface area contributed by atoms with E-state index in [0.29, 0.717) is 11.8 Å². The standard InChI is InChI=1S/C19H27NOS/c1-15(2)12-13-20(18-11-7-6-10-17(18)14-22)19(21)16-8-4-3-5-9-16/h6-7,10-11,14-16H,3-5,8-9,12-13H2,1-2H3. The number of para-hydroxylation sites is 1. The number of carbonyl (C=O) groups excluding carboxylic acids is 1. The first kappa shape index (κ1) is 17.1. The second-order valence-electron chi connectivity index (χ2n) is 6.68. The van der Waals surface area contributed by atoms with Gasteiger partial charge in [-0.05, 0) is 31.2 Å². The van der Waals surface area contributed by atoms with Gasteiger partial charge in [-0.15, -0.1) is 0 Å². The number of rotatable bonds is 6. The van der Waals surface area contributed by atoms with Crippen LogP contribution in [0.1, 0.15) is 57.9 Å². The molecule has 0 radical (unpaired) electrons. The zero-order chi connectivity index (χ0) is 15.9. The molecule has 22 heavy (non-hydrogen) atoms. The maximum Gasteiger partial charge on any atom is 0.230 e. The zero-order valence-electron chi connectivity index (χ0n) is 13.8. The number of nitrogens with zero attached hydrogens (tertiary/aromatic N) is 1. The van der Waals surface area contributed by atoms with Gasteiger partial charge >= 0.3 is 0 Å². The number of anilines is 1. The molecule has 2 nitrogen and oxygen atoms in total. The van der Waals surface area contributed by atoms with Crippen LogP contribution in [0.4, 0.5) is 5.69 Å². The van der Waals surface area contributed by atoms with Gasteiger partial charge in [0, 0.05) is 23.4 Å². The lowest BCUT2D eigenvalue weighted by molar-refractivity contribution is -0.123. The maximum atomic E-state index is 13.1. The molecule has 2 rings (SSSR count). The third kappa shape index (κ3) is 4.39. The molecule has 3 heteroatoms. The lowest BCUT2D eigenvalue weighted by Crippen LogP contribution is -2.38. The molecule has 0 aliphatic heterocycles. The van der Waals surface area contributed by atoms with E-state index in [-0.39, 0.29) is 5.92 Å². The van der Waals surface area contributed by atoms with Crippen molar-refractivity contribution < 1.29 is 4.79 Å². The van der Waals surface area contributed by atoms with Crippen LogP contribution in [-0.2, 0) is 4.79 Å². The summed E-state index contributed by atoms with van der Waals surface area (Å²) in [6, 6.07) is 8.00. The molecule has 0 atom stereocenters. The lowest BCUT2D eigenvalue weighted by Gasteiger charge is -2.31. The fourth-order valence-electron chi connectivity index (χ4n) is 3.14. The molecule has 120 valence electrons. The van der Waals surface area contributed by atoms with Crippen LogP contribution < -0.4 is 4.90 Å². The first-order chi connectivity index (χ1) is 10.6. The predicted octanol–water partition coefficient (Wildman–Crippen LogP) is 4.99. The third-order valence-corrected chi connectivity index (χ3v) is 4.76. The van der Waals surface area contributed by atoms with E-state index >= 15 is 0 Å². The third-order valence-electron chi connectivity index (χ3n) is 4.51. The molecule has 0 heterocycles. The van der Waals surface area contributed by atoms with Crippen molar-refractivity contribution in [3.63, 3.8) is 0 Å². The van der Waals surface area contributed by atoms with Gasteiger partial charge in [0.05, 0.1) is 5.69 Å². The number of hydrogen-bond donors (Lipinski definition) is 0. The Bertz CT molecular complexity index is 506. The molecule has 0 unspecified atom stereocenters. The fraction of sp³-hybridized carbons (Fsp3) is 0.579. The van der Waals surface area contributed by atoms with Crippen LogP contribution in [0.3, 0.4) is 0 Å². The van der Waals surface area contributed by atoms with E-state index in [4.69, 9.17) is 12.2 Å². The molecule has 1 saturated carbocycles. The van der Waals surface area contributed by atoms with Crippen LogP contribution in [0.2, 0.25) is 0 Å². The molecule has 0 N–H and O–H groups in total. The van der Waals surface area contributed by atoms with E-state index in [1.165, 1.54) is 19.3 Å². The predicted molar refractivity (Wildman–Crippen MR) is 97.6 cm³/mol. The molecule has 1 aliphatic rings. The van der Waals surface area contributed by atoms with Crippen LogP contribution in [0.25, 0.3) is 0 Å². The Labute approximate surface area is 139 Å². The SMILES string of the molecule is CC(C)CCN(C(=O)C1CCCCC1)c1ccccc1C=S. The summed E-state index contributed by atoms with van der Waals surface area (Å²) < 4.78 is 0. The Kier molecular flexibility index (Phi) is 6.56. The van der Waals surface area contributed by atoms with Crippen molar-refractivity contribution in [1.29, 1.82) is 0 Å². The van der Waals surface area contributed by atoms with Gasteiger partial charge in [0.15, 0.2) is 0 Å². The van der Waals surface area contributed by atoms with Gasteiger partial charge < -0.3 is 4.90 Å². The largest absolute Gasteiger partial charge is 0.312 e. The van der Waals surface area contributed by atoms with Crippen molar-refractivity contribution >= 4 is 29.2 Å². The molecule has 0 spiro atoms. The summed E-state index contributed by atoms with van der Waals surface area (Å²) in [7, 11) is 0. The normalized spacial score (nSPS) is 15.8. The van der Waals surface area contributed by atoms with E-state index in [1.807, 2.05) is 29.2 Å². The van der Waals surface area contributed by atoms with E-state index in [1.54, 1.807) is 5.37 Å². The molecular weight excluding hydrogens is 290 g/mol. The maximum absolute atomic E-state index is 13.1. The Morgan fingerprint density at radius 3 is 2.59 bits per heavy atom. The number of amides is 1. The van der Waals surface area contributed by atoms with Crippen LogP contribution in [0.15, 0.2) is 24.3 Å². The zero-order valence-corrected chi connectivity index (χ0v) is 14.6. The van der Waals surface area contributed by atoms with Gasteiger partial charge in [-0.2, -0.15) is 0 Å². The topological polar surface area (TPSA) is 20.3 Å². The van der Waals surface area contributed by atoms with Crippen LogP contribution in [-0.4, -0.2) is 17.8 Å². The van der Waals surface area contributed by atoms with E-state index in [9.17, 15) is 4.79 Å². The Morgan fingerprint density at radius 1 is 1.27 bits per heavy atom. The number of benzene rings is 1.